The molecule has 0 aromatic heterocycles. The van der Waals surface area contributed by atoms with Gasteiger partial charge in [0.1, 0.15) is 5.69 Å². The van der Waals surface area contributed by atoms with Crippen LogP contribution in [0, 0.1) is 18.6 Å². The predicted molar refractivity (Wildman–Crippen MR) is 107 cm³/mol. The number of hydrogen-bond acceptors (Lipinski definition) is 2. The average Bonchev–Trinajstić information content (AvgIpc) is 2.64. The Bertz CT molecular complexity index is 976. The van der Waals surface area contributed by atoms with Crippen molar-refractivity contribution in [2.45, 2.75) is 6.92 Å². The third-order valence-electron chi connectivity index (χ3n) is 3.96. The fourth-order valence-electron chi connectivity index (χ4n) is 2.54. The lowest BCUT2D eigenvalue weighted by Crippen LogP contribution is -1.87. The number of hydrogen-bond donors (Lipinski definition) is 0. The molecule has 4 heteroatoms. The van der Waals surface area contributed by atoms with Gasteiger partial charge in [0.25, 0.3) is 0 Å². The molecule has 0 aliphatic heterocycles. The van der Waals surface area contributed by atoms with Gasteiger partial charge in [-0.15, -0.1) is 0 Å². The van der Waals surface area contributed by atoms with Crippen molar-refractivity contribution in [2.24, 2.45) is 4.99 Å². The maximum atomic E-state index is 14.0. The Morgan fingerprint density at radius 2 is 1.31 bits per heavy atom. The molecule has 0 saturated carbocycles. The van der Waals surface area contributed by atoms with Gasteiger partial charge in [0.2, 0.25) is 0 Å². The van der Waals surface area contributed by atoms with Crippen LogP contribution in [0.1, 0.15) is 16.7 Å². The first kappa shape index (κ1) is 17.9. The molecule has 0 atom stereocenters. The Hall–Kier alpha value is -2.94. The highest BCUT2D eigenvalue weighted by atomic mass is 32.1. The van der Waals surface area contributed by atoms with Crippen LogP contribution in [0.15, 0.2) is 65.7 Å². The first-order valence-corrected chi connectivity index (χ1v) is 8.40. The lowest BCUT2D eigenvalue weighted by Gasteiger charge is -2.05. The van der Waals surface area contributed by atoms with Crippen molar-refractivity contribution in [3.63, 3.8) is 0 Å². The van der Waals surface area contributed by atoms with E-state index in [1.54, 1.807) is 0 Å². The molecule has 0 fully saturated rings. The van der Waals surface area contributed by atoms with Crippen molar-refractivity contribution in [1.29, 1.82) is 0 Å². The summed E-state index contributed by atoms with van der Waals surface area (Å²) < 4.78 is 27.9. The maximum Gasteiger partial charge on any atom is 0.153 e. The van der Waals surface area contributed by atoms with Crippen LogP contribution < -0.4 is 0 Å². The van der Waals surface area contributed by atoms with Crippen molar-refractivity contribution >= 4 is 35.2 Å². The highest BCUT2D eigenvalue weighted by Crippen LogP contribution is 2.29. The molecule has 0 amide bonds. The van der Waals surface area contributed by atoms with E-state index in [1.165, 1.54) is 17.7 Å². The molecule has 0 bridgehead atoms. The summed E-state index contributed by atoms with van der Waals surface area (Å²) >= 11 is 4.40. The number of thiocarbonyl (C=S) groups is 1. The van der Waals surface area contributed by atoms with Crippen LogP contribution in [0.25, 0.3) is 23.3 Å². The van der Waals surface area contributed by atoms with E-state index in [4.69, 9.17) is 0 Å². The molecule has 0 heterocycles. The third kappa shape index (κ3) is 4.17. The summed E-state index contributed by atoms with van der Waals surface area (Å²) in [5.74, 6) is -1.53. The van der Waals surface area contributed by atoms with Gasteiger partial charge < -0.3 is 0 Å². The smallest absolute Gasteiger partial charge is 0.153 e. The minimum absolute atomic E-state index is 0.415. The number of nitrogens with zero attached hydrogens (tertiary/aromatic N) is 1. The van der Waals surface area contributed by atoms with E-state index in [2.05, 4.69) is 41.5 Å². The third-order valence-corrected chi connectivity index (χ3v) is 4.06. The van der Waals surface area contributed by atoms with Gasteiger partial charge in [-0.05, 0) is 53.5 Å². The van der Waals surface area contributed by atoms with Gasteiger partial charge in [-0.1, -0.05) is 66.2 Å². The molecular weight excluding hydrogens is 348 g/mol. The second-order valence-electron chi connectivity index (χ2n) is 5.86. The zero-order chi connectivity index (χ0) is 18.5. The molecule has 0 saturated heterocycles. The molecule has 0 spiro atoms. The summed E-state index contributed by atoms with van der Waals surface area (Å²) in [5.41, 5.74) is 4.07. The molecule has 3 rings (SSSR count). The van der Waals surface area contributed by atoms with E-state index in [0.29, 0.717) is 11.1 Å². The Kier molecular flexibility index (Phi) is 5.47. The monoisotopic (exact) mass is 363 g/mol. The van der Waals surface area contributed by atoms with Crippen LogP contribution in [-0.2, 0) is 0 Å². The van der Waals surface area contributed by atoms with Gasteiger partial charge in [-0.2, -0.15) is 4.99 Å². The number of aliphatic imine (C=N–C) groups is 1. The molecule has 3 aromatic carbocycles. The van der Waals surface area contributed by atoms with Gasteiger partial charge in [0, 0.05) is 0 Å². The first-order chi connectivity index (χ1) is 12.6. The Balaban J connectivity index is 1.83. The standard InChI is InChI=1S/C22H15F2NS/c1-15-2-4-16(5-3-15)6-7-17-8-10-18(11-9-17)19-12-20(23)22(25-14-26)21(24)13-19/h2-13H,1H3. The van der Waals surface area contributed by atoms with E-state index in [1.807, 2.05) is 48.5 Å². The SMILES string of the molecule is Cc1ccc(C=Cc2ccc(-c3cc(F)c(N=C=S)c(F)c3)cc2)cc1. The second-order valence-corrected chi connectivity index (χ2v) is 6.04. The Labute approximate surface area is 156 Å². The van der Waals surface area contributed by atoms with Crippen molar-refractivity contribution in [2.75, 3.05) is 0 Å². The van der Waals surface area contributed by atoms with Crippen molar-refractivity contribution in [3.8, 4) is 11.1 Å². The van der Waals surface area contributed by atoms with Crippen LogP contribution in [-0.4, -0.2) is 5.16 Å². The fourth-order valence-corrected chi connectivity index (χ4v) is 2.63. The molecule has 0 aliphatic carbocycles. The lowest BCUT2D eigenvalue weighted by atomic mass is 10.0. The number of aryl methyl sites for hydroxylation is 1. The molecule has 1 nitrogen and oxygen atoms in total. The summed E-state index contributed by atoms with van der Waals surface area (Å²) in [7, 11) is 0. The highest BCUT2D eigenvalue weighted by Gasteiger charge is 2.11. The summed E-state index contributed by atoms with van der Waals surface area (Å²) in [5, 5.41) is 1.98. The molecule has 26 heavy (non-hydrogen) atoms. The molecule has 128 valence electrons. The van der Waals surface area contributed by atoms with Crippen LogP contribution in [0.5, 0.6) is 0 Å². The lowest BCUT2D eigenvalue weighted by molar-refractivity contribution is 0.588. The first-order valence-electron chi connectivity index (χ1n) is 7.99. The van der Waals surface area contributed by atoms with E-state index in [9.17, 15) is 8.78 Å². The topological polar surface area (TPSA) is 12.4 Å². The fraction of sp³-hybridized carbons (Fsp3) is 0.0455. The van der Waals surface area contributed by atoms with Crippen molar-refractivity contribution in [3.05, 3.63) is 89.0 Å². The van der Waals surface area contributed by atoms with E-state index in [-0.39, 0.29) is 0 Å². The average molecular weight is 363 g/mol. The number of halogens is 2. The number of rotatable bonds is 4. The largest absolute Gasteiger partial charge is 0.204 e. The van der Waals surface area contributed by atoms with Crippen LogP contribution in [0.3, 0.4) is 0 Å². The highest BCUT2D eigenvalue weighted by molar-refractivity contribution is 7.78. The Morgan fingerprint density at radius 3 is 1.81 bits per heavy atom. The summed E-state index contributed by atoms with van der Waals surface area (Å²) in [4.78, 5) is 3.42. The predicted octanol–water partition coefficient (Wildman–Crippen LogP) is 6.84. The summed E-state index contributed by atoms with van der Waals surface area (Å²) in [6.45, 7) is 2.05. The van der Waals surface area contributed by atoms with Crippen LogP contribution in [0.4, 0.5) is 14.5 Å². The van der Waals surface area contributed by atoms with Gasteiger partial charge in [0.15, 0.2) is 11.6 Å². The molecule has 0 N–H and O–H groups in total. The zero-order valence-electron chi connectivity index (χ0n) is 14.0. The van der Waals surface area contributed by atoms with Gasteiger partial charge >= 0.3 is 0 Å². The summed E-state index contributed by atoms with van der Waals surface area (Å²) in [6, 6.07) is 18.2. The zero-order valence-corrected chi connectivity index (χ0v) is 14.9. The minimum atomic E-state index is -0.763. The number of isothiocyanates is 1. The summed E-state index contributed by atoms with van der Waals surface area (Å²) in [6.07, 6.45) is 4.01. The second kappa shape index (κ2) is 7.96. The van der Waals surface area contributed by atoms with Crippen LogP contribution >= 0.6 is 12.2 Å². The Morgan fingerprint density at radius 1 is 0.808 bits per heavy atom. The quantitative estimate of drug-likeness (QED) is 0.281. The molecule has 0 aliphatic rings. The van der Waals surface area contributed by atoms with Crippen molar-refractivity contribution < 1.29 is 8.78 Å². The van der Waals surface area contributed by atoms with Gasteiger partial charge in [0.05, 0.1) is 5.16 Å². The van der Waals surface area contributed by atoms with Crippen LogP contribution in [0.2, 0.25) is 0 Å². The van der Waals surface area contributed by atoms with Crippen molar-refractivity contribution in [1.82, 2.24) is 0 Å². The van der Waals surface area contributed by atoms with E-state index < -0.39 is 17.3 Å². The molecule has 0 unspecified atom stereocenters. The minimum Gasteiger partial charge on any atom is -0.204 e. The maximum absolute atomic E-state index is 14.0. The van der Waals surface area contributed by atoms with E-state index in [0.717, 1.165) is 11.1 Å². The van der Waals surface area contributed by atoms with Gasteiger partial charge in [-0.25, -0.2) is 8.78 Å². The molecule has 3 aromatic rings. The number of benzene rings is 3. The molecular formula is C22H15F2NS. The van der Waals surface area contributed by atoms with Gasteiger partial charge in [-0.3, -0.25) is 0 Å². The molecule has 0 radical (unpaired) electrons. The van der Waals surface area contributed by atoms with E-state index >= 15 is 0 Å². The normalized spacial score (nSPS) is 10.7.